The number of hydrogen-bond donors (Lipinski definition) is 1. The monoisotopic (exact) mass is 358 g/mol. The number of hydrogen-bond acceptors (Lipinski definition) is 3. The first-order valence-corrected chi connectivity index (χ1v) is 9.13. The minimum absolute atomic E-state index is 0.0426. The van der Waals surface area contributed by atoms with Crippen molar-refractivity contribution in [2.24, 2.45) is 5.92 Å². The minimum Gasteiger partial charge on any atom is -0.332 e. The number of likely N-dealkylation sites (tertiary alicyclic amines) is 1. The Bertz CT molecular complexity index is 832. The van der Waals surface area contributed by atoms with E-state index < -0.39 is 11.6 Å². The molecule has 5 heterocycles. The molecule has 4 aliphatic rings. The number of piperidine rings is 3. The predicted octanol–water partition coefficient (Wildman–Crippen LogP) is 2.39. The largest absolute Gasteiger partial charge is 0.332 e. The number of nitrogens with one attached hydrogen (secondary N) is 1. The zero-order valence-corrected chi connectivity index (χ0v) is 14.2. The highest BCUT2D eigenvalue weighted by Gasteiger charge is 2.55. The third-order valence-electron chi connectivity index (χ3n) is 6.37. The molecule has 0 spiro atoms. The van der Waals surface area contributed by atoms with Crippen LogP contribution in [0.15, 0.2) is 30.5 Å². The number of nitrogens with zero attached hydrogens (tertiary/aromatic N) is 3. The summed E-state index contributed by atoms with van der Waals surface area (Å²) in [7, 11) is 0. The molecule has 2 bridgehead atoms. The van der Waals surface area contributed by atoms with Gasteiger partial charge in [0.05, 0.1) is 6.04 Å². The molecule has 7 heteroatoms. The van der Waals surface area contributed by atoms with Crippen LogP contribution in [0.3, 0.4) is 0 Å². The van der Waals surface area contributed by atoms with Crippen LogP contribution in [-0.4, -0.2) is 57.6 Å². The van der Waals surface area contributed by atoms with Gasteiger partial charge in [0, 0.05) is 24.7 Å². The van der Waals surface area contributed by atoms with Crippen molar-refractivity contribution >= 4 is 5.91 Å². The van der Waals surface area contributed by atoms with Crippen LogP contribution in [0.25, 0.3) is 0 Å². The molecule has 1 aromatic carbocycles. The van der Waals surface area contributed by atoms with Crippen molar-refractivity contribution in [1.82, 2.24) is 20.0 Å². The van der Waals surface area contributed by atoms with Gasteiger partial charge in [-0.1, -0.05) is 12.1 Å². The molecule has 136 valence electrons. The number of aromatic amines is 1. The first-order chi connectivity index (χ1) is 12.6. The van der Waals surface area contributed by atoms with E-state index >= 15 is 0 Å². The second-order valence-corrected chi connectivity index (χ2v) is 7.53. The molecular weight excluding hydrogens is 338 g/mol. The van der Waals surface area contributed by atoms with E-state index in [0.29, 0.717) is 23.7 Å². The SMILES string of the molecule is O=C(c1ccn[nH]1)N1C[C@@H](c2cccc(F)c2F)[C@@H]2[C@H]1C1CCN2CC1. The predicted molar refractivity (Wildman–Crippen MR) is 90.6 cm³/mol. The molecule has 0 unspecified atom stereocenters. The second-order valence-electron chi connectivity index (χ2n) is 7.53. The Morgan fingerprint density at radius 1 is 1.15 bits per heavy atom. The smallest absolute Gasteiger partial charge is 0.272 e. The summed E-state index contributed by atoms with van der Waals surface area (Å²) in [5.41, 5.74) is 0.827. The Morgan fingerprint density at radius 3 is 2.69 bits per heavy atom. The maximum atomic E-state index is 14.5. The molecule has 3 atom stereocenters. The molecule has 6 rings (SSSR count). The lowest BCUT2D eigenvalue weighted by molar-refractivity contribution is -0.00376. The average molecular weight is 358 g/mol. The Kier molecular flexibility index (Phi) is 3.60. The topological polar surface area (TPSA) is 52.2 Å². The number of H-pyrrole nitrogens is 1. The highest BCUT2D eigenvalue weighted by Crippen LogP contribution is 2.47. The fraction of sp³-hybridized carbons (Fsp3) is 0.474. The zero-order chi connectivity index (χ0) is 17.8. The third kappa shape index (κ3) is 2.23. The van der Waals surface area contributed by atoms with Gasteiger partial charge in [-0.25, -0.2) is 8.78 Å². The van der Waals surface area contributed by atoms with E-state index in [1.54, 1.807) is 24.4 Å². The molecule has 4 aliphatic heterocycles. The van der Waals surface area contributed by atoms with E-state index in [2.05, 4.69) is 15.1 Å². The summed E-state index contributed by atoms with van der Waals surface area (Å²) in [6, 6.07) is 6.11. The number of amides is 1. The standard InChI is InChI=1S/C19H20F2N4O/c20-14-3-1-2-12(16(14)21)13-10-25(19(26)15-4-7-22-23-15)17-11-5-8-24(9-6-11)18(13)17/h1-4,7,11,13,17-18H,5-6,8-10H2,(H,22,23)/t13-,17+,18+/m0/s1. The molecule has 0 radical (unpaired) electrons. The van der Waals surface area contributed by atoms with Gasteiger partial charge in [0.1, 0.15) is 5.69 Å². The molecule has 0 aliphatic carbocycles. The van der Waals surface area contributed by atoms with Crippen molar-refractivity contribution in [3.8, 4) is 0 Å². The fourth-order valence-corrected chi connectivity index (χ4v) is 5.26. The van der Waals surface area contributed by atoms with Crippen LogP contribution in [0.1, 0.15) is 34.8 Å². The van der Waals surface area contributed by atoms with Gasteiger partial charge in [-0.2, -0.15) is 5.10 Å². The van der Waals surface area contributed by atoms with Crippen LogP contribution in [0, 0.1) is 17.6 Å². The van der Waals surface area contributed by atoms with Crippen LogP contribution in [0.2, 0.25) is 0 Å². The first kappa shape index (κ1) is 15.9. The van der Waals surface area contributed by atoms with Crippen molar-refractivity contribution in [3.63, 3.8) is 0 Å². The molecule has 2 aromatic rings. The number of benzene rings is 1. The van der Waals surface area contributed by atoms with E-state index in [4.69, 9.17) is 0 Å². The molecule has 5 nitrogen and oxygen atoms in total. The summed E-state index contributed by atoms with van der Waals surface area (Å²) in [5, 5.41) is 6.62. The molecule has 26 heavy (non-hydrogen) atoms. The zero-order valence-electron chi connectivity index (χ0n) is 14.2. The van der Waals surface area contributed by atoms with Crippen molar-refractivity contribution in [1.29, 1.82) is 0 Å². The van der Waals surface area contributed by atoms with Crippen LogP contribution in [0.4, 0.5) is 8.78 Å². The number of fused-ring (bicyclic) bond motifs is 2. The maximum Gasteiger partial charge on any atom is 0.272 e. The summed E-state index contributed by atoms with van der Waals surface area (Å²) < 4.78 is 28.4. The average Bonchev–Trinajstić information content (AvgIpc) is 3.33. The minimum atomic E-state index is -0.826. The van der Waals surface area contributed by atoms with E-state index in [-0.39, 0.29) is 23.9 Å². The first-order valence-electron chi connectivity index (χ1n) is 9.13. The molecule has 4 saturated heterocycles. The van der Waals surface area contributed by atoms with E-state index in [9.17, 15) is 13.6 Å². The Labute approximate surface area is 150 Å². The van der Waals surface area contributed by atoms with Crippen LogP contribution in [0.5, 0.6) is 0 Å². The number of carbonyl (C=O) groups excluding carboxylic acids is 1. The molecular formula is C19H20F2N4O. The third-order valence-corrected chi connectivity index (χ3v) is 6.37. The lowest BCUT2D eigenvalue weighted by Crippen LogP contribution is -2.60. The Morgan fingerprint density at radius 2 is 1.96 bits per heavy atom. The Hall–Kier alpha value is -2.28. The van der Waals surface area contributed by atoms with E-state index in [1.807, 2.05) is 4.90 Å². The Balaban J connectivity index is 1.57. The number of rotatable bonds is 2. The molecule has 1 N–H and O–H groups in total. The second kappa shape index (κ2) is 5.87. The molecule has 1 aromatic heterocycles. The van der Waals surface area contributed by atoms with Crippen LogP contribution >= 0.6 is 0 Å². The van der Waals surface area contributed by atoms with E-state index in [0.717, 1.165) is 32.0 Å². The molecule has 0 saturated carbocycles. The van der Waals surface area contributed by atoms with Crippen LogP contribution in [-0.2, 0) is 0 Å². The van der Waals surface area contributed by atoms with Gasteiger partial charge >= 0.3 is 0 Å². The summed E-state index contributed by atoms with van der Waals surface area (Å²) in [5.74, 6) is -1.52. The summed E-state index contributed by atoms with van der Waals surface area (Å²) in [4.78, 5) is 17.3. The fourth-order valence-electron chi connectivity index (χ4n) is 5.26. The number of aromatic nitrogens is 2. The molecule has 1 amide bonds. The van der Waals surface area contributed by atoms with Crippen LogP contribution < -0.4 is 0 Å². The van der Waals surface area contributed by atoms with E-state index in [1.165, 1.54) is 0 Å². The van der Waals surface area contributed by atoms with Gasteiger partial charge in [-0.3, -0.25) is 14.8 Å². The van der Waals surface area contributed by atoms with Crippen molar-refractivity contribution < 1.29 is 13.6 Å². The van der Waals surface area contributed by atoms with Gasteiger partial charge in [-0.15, -0.1) is 0 Å². The molecule has 4 fully saturated rings. The lowest BCUT2D eigenvalue weighted by atomic mass is 9.75. The quantitative estimate of drug-likeness (QED) is 0.897. The number of carbonyl (C=O) groups is 1. The summed E-state index contributed by atoms with van der Waals surface area (Å²) in [6.07, 6.45) is 3.65. The summed E-state index contributed by atoms with van der Waals surface area (Å²) in [6.45, 7) is 2.33. The summed E-state index contributed by atoms with van der Waals surface area (Å²) >= 11 is 0. The highest BCUT2D eigenvalue weighted by molar-refractivity contribution is 5.92. The van der Waals surface area contributed by atoms with Gasteiger partial charge in [0.25, 0.3) is 5.91 Å². The van der Waals surface area contributed by atoms with Crippen molar-refractivity contribution in [2.45, 2.75) is 30.8 Å². The lowest BCUT2D eigenvalue weighted by Gasteiger charge is -2.51. The highest BCUT2D eigenvalue weighted by atomic mass is 19.2. The van der Waals surface area contributed by atoms with Crippen molar-refractivity contribution in [3.05, 3.63) is 53.4 Å². The van der Waals surface area contributed by atoms with Gasteiger partial charge < -0.3 is 4.90 Å². The van der Waals surface area contributed by atoms with Gasteiger partial charge in [0.2, 0.25) is 0 Å². The number of halogens is 2. The van der Waals surface area contributed by atoms with Gasteiger partial charge in [0.15, 0.2) is 11.6 Å². The normalized spacial score (nSPS) is 32.7. The van der Waals surface area contributed by atoms with Gasteiger partial charge in [-0.05, 0) is 49.5 Å². The van der Waals surface area contributed by atoms with Crippen molar-refractivity contribution in [2.75, 3.05) is 19.6 Å². The maximum absolute atomic E-state index is 14.5.